The molecule has 0 bridgehead atoms. The summed E-state index contributed by atoms with van der Waals surface area (Å²) in [5.41, 5.74) is 11.5. The Kier molecular flexibility index (Phi) is 8.42. The van der Waals surface area contributed by atoms with Gasteiger partial charge in [0.2, 0.25) is 5.95 Å². The lowest BCUT2D eigenvalue weighted by molar-refractivity contribution is -0.0501. The van der Waals surface area contributed by atoms with Gasteiger partial charge in [-0.15, -0.1) is 0 Å². The van der Waals surface area contributed by atoms with Crippen molar-refractivity contribution < 1.29 is 61.4 Å². The normalized spacial score (nSPS) is 27.5. The average Bonchev–Trinajstić information content (AvgIpc) is 3.08. The van der Waals surface area contributed by atoms with Gasteiger partial charge in [-0.2, -0.15) is 8.62 Å². The van der Waals surface area contributed by atoms with E-state index in [1.54, 1.807) is 6.92 Å². The number of aromatic nitrogens is 2. The van der Waals surface area contributed by atoms with E-state index in [9.17, 15) is 28.8 Å². The van der Waals surface area contributed by atoms with Crippen LogP contribution in [0.2, 0.25) is 0 Å². The Balaban J connectivity index is 2.19. The van der Waals surface area contributed by atoms with Crippen LogP contribution in [0.25, 0.3) is 5.70 Å². The standard InChI is InChI=1S/C12H22N5O13P3/c1-3-15-10-7(5(2)13)16-12(14)17(10)11-9(19)8(18)6(28-11)4-27-32(23,24)30-33(25,26)29-31(20,21)22/h3,6,8-9,11,18-19H,2,4,13H2,1H3,(H2,14,16)(H,23,24)(H,25,26)(H2,20,21,22). The maximum atomic E-state index is 11.9. The van der Waals surface area contributed by atoms with Gasteiger partial charge in [-0.3, -0.25) is 9.09 Å². The van der Waals surface area contributed by atoms with Crippen LogP contribution in [0.5, 0.6) is 0 Å². The smallest absolute Gasteiger partial charge is 0.397 e. The number of aliphatic imine (C=N–C) groups is 1. The fourth-order valence-corrected chi connectivity index (χ4v) is 5.73. The van der Waals surface area contributed by atoms with Crippen LogP contribution in [0.3, 0.4) is 0 Å². The van der Waals surface area contributed by atoms with E-state index in [0.29, 0.717) is 0 Å². The number of hydrogen-bond donors (Lipinski definition) is 8. The number of aliphatic hydroxyl groups is 2. The Bertz CT molecular complexity index is 1070. The van der Waals surface area contributed by atoms with E-state index < -0.39 is 54.6 Å². The Morgan fingerprint density at radius 3 is 2.33 bits per heavy atom. The molecule has 0 aliphatic carbocycles. The molecule has 1 saturated heterocycles. The molecule has 0 saturated carbocycles. The first-order chi connectivity index (χ1) is 15.0. The molecule has 1 aromatic rings. The molecule has 1 fully saturated rings. The number of nitrogen functional groups attached to an aromatic ring is 1. The fraction of sp³-hybridized carbons (Fsp3) is 0.500. The first-order valence-corrected chi connectivity index (χ1v) is 13.1. The first kappa shape index (κ1) is 27.8. The van der Waals surface area contributed by atoms with Gasteiger partial charge in [0, 0.05) is 6.21 Å². The van der Waals surface area contributed by atoms with Crippen molar-refractivity contribution in [1.82, 2.24) is 9.55 Å². The van der Waals surface area contributed by atoms with Crippen LogP contribution in [0.1, 0.15) is 18.8 Å². The summed E-state index contributed by atoms with van der Waals surface area (Å²) in [7, 11) is -16.8. The molecule has 0 amide bonds. The number of anilines is 1. The maximum Gasteiger partial charge on any atom is 0.490 e. The molecule has 2 rings (SSSR count). The molecule has 1 aliphatic heterocycles. The van der Waals surface area contributed by atoms with Gasteiger partial charge in [0.05, 0.1) is 12.3 Å². The van der Waals surface area contributed by atoms with Gasteiger partial charge >= 0.3 is 23.5 Å². The number of imidazole rings is 1. The Labute approximate surface area is 185 Å². The monoisotopic (exact) mass is 537 g/mol. The summed E-state index contributed by atoms with van der Waals surface area (Å²) in [5.74, 6) is -0.214. The minimum absolute atomic E-state index is 0.0155. The topological polar surface area (TPSA) is 292 Å². The molecule has 6 atom stereocenters. The van der Waals surface area contributed by atoms with Crippen molar-refractivity contribution in [1.29, 1.82) is 0 Å². The van der Waals surface area contributed by atoms with Crippen molar-refractivity contribution in [3.05, 3.63) is 12.3 Å². The number of phosphoric acid groups is 3. The van der Waals surface area contributed by atoms with Crippen molar-refractivity contribution >= 4 is 47.1 Å². The molecule has 6 unspecified atom stereocenters. The molecule has 0 spiro atoms. The fourth-order valence-electron chi connectivity index (χ4n) is 2.70. The molecular formula is C12H22N5O13P3. The lowest BCUT2D eigenvalue weighted by atomic mass is 10.1. The second kappa shape index (κ2) is 10.0. The third kappa shape index (κ3) is 7.00. The molecule has 1 aliphatic rings. The molecular weight excluding hydrogens is 515 g/mol. The highest BCUT2D eigenvalue weighted by Crippen LogP contribution is 2.66. The summed E-state index contributed by atoms with van der Waals surface area (Å²) in [6.07, 6.45) is -5.05. The zero-order valence-electron chi connectivity index (χ0n) is 16.7. The summed E-state index contributed by atoms with van der Waals surface area (Å²) in [6.45, 7) is 4.08. The van der Waals surface area contributed by atoms with Gasteiger partial charge in [0.1, 0.15) is 24.0 Å². The first-order valence-electron chi connectivity index (χ1n) is 8.59. The lowest BCUT2D eigenvalue weighted by Gasteiger charge is -2.19. The predicted octanol–water partition coefficient (Wildman–Crippen LogP) is -0.921. The van der Waals surface area contributed by atoms with Crippen LogP contribution in [-0.4, -0.2) is 70.5 Å². The second-order valence-electron chi connectivity index (χ2n) is 6.36. The van der Waals surface area contributed by atoms with Crippen molar-refractivity contribution in [2.45, 2.75) is 31.5 Å². The van der Waals surface area contributed by atoms with Crippen LogP contribution >= 0.6 is 23.5 Å². The van der Waals surface area contributed by atoms with Crippen LogP contribution in [0.4, 0.5) is 11.8 Å². The third-order valence-corrected chi connectivity index (χ3v) is 7.68. The summed E-state index contributed by atoms with van der Waals surface area (Å²) in [4.78, 5) is 43.7. The number of phosphoric ester groups is 1. The number of hydrogen-bond acceptors (Lipinski definition) is 13. The second-order valence-corrected chi connectivity index (χ2v) is 10.8. The molecule has 1 aromatic heterocycles. The largest absolute Gasteiger partial charge is 0.490 e. The molecule has 188 valence electrons. The van der Waals surface area contributed by atoms with Gasteiger partial charge in [0.25, 0.3) is 0 Å². The molecule has 2 heterocycles. The molecule has 10 N–H and O–H groups in total. The highest BCUT2D eigenvalue weighted by Gasteiger charge is 2.47. The molecule has 21 heteroatoms. The Morgan fingerprint density at radius 2 is 1.82 bits per heavy atom. The van der Waals surface area contributed by atoms with E-state index in [2.05, 4.69) is 29.7 Å². The third-order valence-electron chi connectivity index (χ3n) is 3.88. The average molecular weight is 537 g/mol. The highest BCUT2D eigenvalue weighted by atomic mass is 31.3. The van der Waals surface area contributed by atoms with E-state index in [1.165, 1.54) is 6.21 Å². The number of ether oxygens (including phenoxy) is 1. The number of rotatable bonds is 10. The van der Waals surface area contributed by atoms with Crippen LogP contribution in [-0.2, 0) is 31.6 Å². The minimum atomic E-state index is -5.73. The quantitative estimate of drug-likeness (QED) is 0.132. The Hall–Kier alpha value is -1.49. The molecule has 18 nitrogen and oxygen atoms in total. The van der Waals surface area contributed by atoms with Crippen molar-refractivity contribution in [2.75, 3.05) is 12.3 Å². The summed E-state index contributed by atoms with van der Waals surface area (Å²) < 4.78 is 52.0. The van der Waals surface area contributed by atoms with Gasteiger partial charge in [0.15, 0.2) is 12.0 Å². The predicted molar refractivity (Wildman–Crippen MR) is 109 cm³/mol. The summed E-state index contributed by atoms with van der Waals surface area (Å²) >= 11 is 0. The number of nitrogens with two attached hydrogens (primary N) is 2. The highest BCUT2D eigenvalue weighted by molar-refractivity contribution is 7.66. The van der Waals surface area contributed by atoms with E-state index in [1.807, 2.05) is 0 Å². The summed E-state index contributed by atoms with van der Waals surface area (Å²) in [5, 5.41) is 20.6. The Morgan fingerprint density at radius 1 is 1.21 bits per heavy atom. The van der Waals surface area contributed by atoms with Crippen molar-refractivity contribution in [3.8, 4) is 0 Å². The van der Waals surface area contributed by atoms with Crippen molar-refractivity contribution in [3.63, 3.8) is 0 Å². The van der Waals surface area contributed by atoms with E-state index in [4.69, 9.17) is 30.9 Å². The van der Waals surface area contributed by atoms with E-state index >= 15 is 0 Å². The van der Waals surface area contributed by atoms with Crippen LogP contribution < -0.4 is 11.5 Å². The lowest BCUT2D eigenvalue weighted by Crippen LogP contribution is -2.33. The molecule has 0 aromatic carbocycles. The van der Waals surface area contributed by atoms with E-state index in [0.717, 1.165) is 4.57 Å². The van der Waals surface area contributed by atoms with Gasteiger partial charge in [-0.25, -0.2) is 23.7 Å². The maximum absolute atomic E-state index is 11.9. The van der Waals surface area contributed by atoms with Crippen molar-refractivity contribution in [2.24, 2.45) is 10.7 Å². The molecule has 0 radical (unpaired) electrons. The SMILES string of the molecule is C=C(N)c1nc(N)n(C2OC(COP(=O)(O)OP(=O)(O)OP(=O)(O)O)C(O)C2O)c1N=CC. The van der Waals surface area contributed by atoms with Crippen LogP contribution in [0, 0.1) is 0 Å². The van der Waals surface area contributed by atoms with Gasteiger partial charge < -0.3 is 46.0 Å². The molecule has 33 heavy (non-hydrogen) atoms. The zero-order valence-corrected chi connectivity index (χ0v) is 19.4. The van der Waals surface area contributed by atoms with E-state index in [-0.39, 0.29) is 23.2 Å². The van der Waals surface area contributed by atoms with Gasteiger partial charge in [-0.1, -0.05) is 6.58 Å². The van der Waals surface area contributed by atoms with Crippen LogP contribution in [0.15, 0.2) is 11.6 Å². The number of nitrogens with zero attached hydrogens (tertiary/aromatic N) is 3. The minimum Gasteiger partial charge on any atom is -0.397 e. The summed E-state index contributed by atoms with van der Waals surface area (Å²) in [6, 6.07) is 0. The zero-order chi connectivity index (χ0) is 25.4. The number of aliphatic hydroxyl groups excluding tert-OH is 2. The van der Waals surface area contributed by atoms with Gasteiger partial charge in [-0.05, 0) is 6.92 Å².